The van der Waals surface area contributed by atoms with Crippen molar-refractivity contribution < 1.29 is 14.3 Å². The fourth-order valence-corrected chi connectivity index (χ4v) is 4.54. The Morgan fingerprint density at radius 1 is 1.17 bits per heavy atom. The van der Waals surface area contributed by atoms with Gasteiger partial charge < -0.3 is 15.0 Å². The molecule has 0 aromatic heterocycles. The molecule has 2 atom stereocenters. The fourth-order valence-electron chi connectivity index (χ4n) is 4.54. The summed E-state index contributed by atoms with van der Waals surface area (Å²) in [4.78, 5) is 29.3. The van der Waals surface area contributed by atoms with Crippen LogP contribution >= 0.6 is 0 Å². The largest absolute Gasteiger partial charge is 0.377 e. The van der Waals surface area contributed by atoms with E-state index < -0.39 is 5.54 Å². The average Bonchev–Trinajstić information content (AvgIpc) is 2.89. The number of carbonyl (C=O) groups is 2. The van der Waals surface area contributed by atoms with E-state index in [-0.39, 0.29) is 24.1 Å². The first-order valence-electron chi connectivity index (χ1n) is 8.88. The van der Waals surface area contributed by atoms with Gasteiger partial charge in [0.05, 0.1) is 19.3 Å². The Morgan fingerprint density at radius 3 is 2.30 bits per heavy atom. The van der Waals surface area contributed by atoms with E-state index in [1.807, 2.05) is 32.6 Å². The Hall–Kier alpha value is -1.14. The zero-order valence-corrected chi connectivity index (χ0v) is 14.7. The molecule has 0 aromatic rings. The van der Waals surface area contributed by atoms with E-state index >= 15 is 0 Å². The predicted octanol–water partition coefficient (Wildman–Crippen LogP) is 1.74. The van der Waals surface area contributed by atoms with Crippen molar-refractivity contribution in [1.29, 1.82) is 0 Å². The average molecular weight is 323 g/mol. The number of nitrogens with zero attached hydrogens (tertiary/aromatic N) is 2. The van der Waals surface area contributed by atoms with Gasteiger partial charge in [-0.1, -0.05) is 0 Å². The van der Waals surface area contributed by atoms with Crippen molar-refractivity contribution in [2.24, 2.45) is 0 Å². The number of fused-ring (bicyclic) bond motifs is 2. The minimum Gasteiger partial charge on any atom is -0.377 e. The number of hydrogen-bond acceptors (Lipinski definition) is 4. The molecule has 23 heavy (non-hydrogen) atoms. The molecule has 3 rings (SSSR count). The molecule has 3 fully saturated rings. The summed E-state index contributed by atoms with van der Waals surface area (Å²) >= 11 is 0. The smallest absolute Gasteiger partial charge is 0.327 e. The van der Waals surface area contributed by atoms with Gasteiger partial charge in [0.15, 0.2) is 0 Å². The summed E-state index contributed by atoms with van der Waals surface area (Å²) in [5, 5.41) is 3.58. The molecular formula is C17H29N3O3. The molecular weight excluding hydrogens is 294 g/mol. The van der Waals surface area contributed by atoms with Crippen LogP contribution in [0.4, 0.5) is 4.79 Å². The minimum absolute atomic E-state index is 0.0121. The molecule has 6 heteroatoms. The molecule has 3 amide bonds. The summed E-state index contributed by atoms with van der Waals surface area (Å²) in [6.07, 6.45) is 3.81. The topological polar surface area (TPSA) is 61.9 Å². The van der Waals surface area contributed by atoms with Gasteiger partial charge in [0.25, 0.3) is 5.91 Å². The van der Waals surface area contributed by atoms with E-state index in [9.17, 15) is 9.59 Å². The number of ether oxygens (including phenoxy) is 1. The molecule has 1 spiro atoms. The maximum Gasteiger partial charge on any atom is 0.327 e. The molecule has 0 saturated carbocycles. The van der Waals surface area contributed by atoms with Crippen molar-refractivity contribution in [1.82, 2.24) is 15.1 Å². The van der Waals surface area contributed by atoms with Crippen LogP contribution in [0.3, 0.4) is 0 Å². The van der Waals surface area contributed by atoms with E-state index in [1.165, 1.54) is 4.90 Å². The van der Waals surface area contributed by atoms with E-state index in [0.29, 0.717) is 25.2 Å². The van der Waals surface area contributed by atoms with E-state index in [0.717, 1.165) is 25.7 Å². The third kappa shape index (κ3) is 2.76. The quantitative estimate of drug-likeness (QED) is 0.783. The fraction of sp³-hybridized carbons (Fsp3) is 0.882. The van der Waals surface area contributed by atoms with Gasteiger partial charge in [0.2, 0.25) is 0 Å². The Morgan fingerprint density at radius 2 is 1.78 bits per heavy atom. The van der Waals surface area contributed by atoms with Crippen molar-refractivity contribution in [2.45, 2.75) is 83.1 Å². The minimum atomic E-state index is -0.639. The van der Waals surface area contributed by atoms with Gasteiger partial charge in [0, 0.05) is 18.1 Å². The van der Waals surface area contributed by atoms with Gasteiger partial charge >= 0.3 is 6.03 Å². The predicted molar refractivity (Wildman–Crippen MR) is 87.1 cm³/mol. The van der Waals surface area contributed by atoms with Crippen LogP contribution in [0.15, 0.2) is 0 Å². The second-order valence-electron chi connectivity index (χ2n) is 7.70. The highest BCUT2D eigenvalue weighted by molar-refractivity contribution is 6.07. The van der Waals surface area contributed by atoms with Crippen molar-refractivity contribution in [3.63, 3.8) is 0 Å². The molecule has 2 unspecified atom stereocenters. The van der Waals surface area contributed by atoms with Gasteiger partial charge in [-0.3, -0.25) is 9.69 Å². The highest BCUT2D eigenvalue weighted by Crippen LogP contribution is 2.44. The third-order valence-electron chi connectivity index (χ3n) is 5.33. The highest BCUT2D eigenvalue weighted by atomic mass is 16.5. The molecule has 1 N–H and O–H groups in total. The lowest BCUT2D eigenvalue weighted by Gasteiger charge is -2.43. The van der Waals surface area contributed by atoms with Crippen molar-refractivity contribution in [2.75, 3.05) is 13.2 Å². The van der Waals surface area contributed by atoms with Gasteiger partial charge in [-0.2, -0.15) is 0 Å². The SMILES string of the molecule is CC(C)OCCN1C(=O)N(C(C)C)C2(CC3CCC(C2)N3)C1=O. The summed E-state index contributed by atoms with van der Waals surface area (Å²) in [6.45, 7) is 8.68. The van der Waals surface area contributed by atoms with Crippen LogP contribution in [-0.2, 0) is 9.53 Å². The first kappa shape index (κ1) is 16.7. The van der Waals surface area contributed by atoms with E-state index in [2.05, 4.69) is 5.32 Å². The Labute approximate surface area is 138 Å². The first-order valence-corrected chi connectivity index (χ1v) is 8.88. The van der Waals surface area contributed by atoms with Crippen LogP contribution < -0.4 is 5.32 Å². The molecule has 3 saturated heterocycles. The highest BCUT2D eigenvalue weighted by Gasteiger charge is 2.61. The van der Waals surface area contributed by atoms with E-state index in [1.54, 1.807) is 0 Å². The van der Waals surface area contributed by atoms with Gasteiger partial charge in [0.1, 0.15) is 5.54 Å². The number of hydrogen-bond donors (Lipinski definition) is 1. The molecule has 0 aromatic carbocycles. The number of carbonyl (C=O) groups excluding carboxylic acids is 2. The summed E-state index contributed by atoms with van der Waals surface area (Å²) in [5.41, 5.74) is -0.639. The van der Waals surface area contributed by atoms with Crippen LogP contribution in [0.2, 0.25) is 0 Å². The molecule has 130 valence electrons. The Kier molecular flexibility index (Phi) is 4.40. The maximum atomic E-state index is 13.2. The van der Waals surface area contributed by atoms with E-state index in [4.69, 9.17) is 4.74 Å². The molecule has 0 radical (unpaired) electrons. The zero-order chi connectivity index (χ0) is 16.8. The van der Waals surface area contributed by atoms with Gasteiger partial charge in [-0.05, 0) is 53.4 Å². The van der Waals surface area contributed by atoms with Crippen LogP contribution in [0.1, 0.15) is 53.4 Å². The van der Waals surface area contributed by atoms with Crippen LogP contribution in [0.5, 0.6) is 0 Å². The van der Waals surface area contributed by atoms with Crippen molar-refractivity contribution >= 4 is 11.9 Å². The molecule has 2 bridgehead atoms. The number of piperidine rings is 1. The lowest BCUT2D eigenvalue weighted by Crippen LogP contribution is -2.60. The number of urea groups is 1. The zero-order valence-electron chi connectivity index (χ0n) is 14.7. The Bertz CT molecular complexity index is 479. The lowest BCUT2D eigenvalue weighted by molar-refractivity contribution is -0.136. The lowest BCUT2D eigenvalue weighted by atomic mass is 9.82. The second kappa shape index (κ2) is 6.06. The van der Waals surface area contributed by atoms with Crippen LogP contribution in [0, 0.1) is 0 Å². The number of imide groups is 1. The van der Waals surface area contributed by atoms with Gasteiger partial charge in [-0.25, -0.2) is 4.79 Å². The molecule has 3 heterocycles. The number of rotatable bonds is 5. The first-order chi connectivity index (χ1) is 10.8. The standard InChI is InChI=1S/C17H29N3O3/c1-11(2)20-16(22)19(7-8-23-12(3)4)15(21)17(20)9-13-5-6-14(10-17)18-13/h11-14,18H,5-10H2,1-4H3. The third-order valence-corrected chi connectivity index (χ3v) is 5.33. The van der Waals surface area contributed by atoms with Crippen LogP contribution in [-0.4, -0.2) is 64.7 Å². The van der Waals surface area contributed by atoms with Crippen molar-refractivity contribution in [3.05, 3.63) is 0 Å². The van der Waals surface area contributed by atoms with Gasteiger partial charge in [-0.15, -0.1) is 0 Å². The van der Waals surface area contributed by atoms with Crippen LogP contribution in [0.25, 0.3) is 0 Å². The molecule has 0 aliphatic carbocycles. The summed E-state index contributed by atoms with van der Waals surface area (Å²) in [7, 11) is 0. The summed E-state index contributed by atoms with van der Waals surface area (Å²) < 4.78 is 5.55. The second-order valence-corrected chi connectivity index (χ2v) is 7.70. The molecule has 3 aliphatic heterocycles. The summed E-state index contributed by atoms with van der Waals surface area (Å²) in [6, 6.07) is 0.607. The maximum absolute atomic E-state index is 13.2. The monoisotopic (exact) mass is 323 g/mol. The number of nitrogens with one attached hydrogen (secondary N) is 1. The Balaban J connectivity index is 1.83. The summed E-state index contributed by atoms with van der Waals surface area (Å²) in [5.74, 6) is -0.0121. The number of amides is 3. The molecule has 6 nitrogen and oxygen atoms in total. The molecule has 3 aliphatic rings. The van der Waals surface area contributed by atoms with Crippen molar-refractivity contribution in [3.8, 4) is 0 Å². The normalized spacial score (nSPS) is 33.8.